The summed E-state index contributed by atoms with van der Waals surface area (Å²) in [5.41, 5.74) is 1.36. The molecule has 0 spiro atoms. The molecule has 162 valence electrons. The van der Waals surface area contributed by atoms with Crippen LogP contribution in [0.3, 0.4) is 0 Å². The van der Waals surface area contributed by atoms with Gasteiger partial charge in [-0.15, -0.1) is 0 Å². The first-order valence-corrected chi connectivity index (χ1v) is 10.9. The molecular weight excluding hydrogens is 451 g/mol. The Kier molecular flexibility index (Phi) is 6.21. The van der Waals surface area contributed by atoms with Gasteiger partial charge in [-0.1, -0.05) is 71.5 Å². The van der Waals surface area contributed by atoms with Gasteiger partial charge in [0.2, 0.25) is 0 Å². The van der Waals surface area contributed by atoms with E-state index >= 15 is 0 Å². The fraction of sp³-hybridized carbons (Fsp3) is 0.125. The molecule has 1 aliphatic heterocycles. The van der Waals surface area contributed by atoms with E-state index in [0.29, 0.717) is 10.5 Å². The second kappa shape index (κ2) is 9.06. The zero-order chi connectivity index (χ0) is 22.8. The predicted molar refractivity (Wildman–Crippen MR) is 124 cm³/mol. The molecule has 0 bridgehead atoms. The van der Waals surface area contributed by atoms with Crippen LogP contribution in [-0.4, -0.2) is 17.6 Å². The van der Waals surface area contributed by atoms with Crippen LogP contribution in [0, 0.1) is 5.82 Å². The number of thiazole rings is 1. The molecule has 1 atom stereocenters. The van der Waals surface area contributed by atoms with E-state index < -0.39 is 23.4 Å². The molecule has 0 fully saturated rings. The molecule has 0 aliphatic carbocycles. The Morgan fingerprint density at radius 2 is 1.97 bits per heavy atom. The first-order valence-electron chi connectivity index (χ1n) is 9.69. The van der Waals surface area contributed by atoms with Crippen molar-refractivity contribution in [3.63, 3.8) is 0 Å². The first kappa shape index (κ1) is 21.9. The number of fused-ring (bicyclic) bond motifs is 1. The molecule has 1 aromatic heterocycles. The smallest absolute Gasteiger partial charge is 0.338 e. The van der Waals surface area contributed by atoms with Gasteiger partial charge in [-0.25, -0.2) is 14.2 Å². The summed E-state index contributed by atoms with van der Waals surface area (Å²) in [6.07, 6.45) is 5.01. The van der Waals surface area contributed by atoms with Gasteiger partial charge in [-0.2, -0.15) is 0 Å². The fourth-order valence-electron chi connectivity index (χ4n) is 3.46. The number of methoxy groups -OCH3 is 1. The van der Waals surface area contributed by atoms with Crippen molar-refractivity contribution in [3.05, 3.63) is 108 Å². The molecule has 0 saturated heterocycles. The summed E-state index contributed by atoms with van der Waals surface area (Å²) in [5.74, 6) is -1.10. The maximum atomic E-state index is 14.3. The van der Waals surface area contributed by atoms with Crippen LogP contribution in [-0.2, 0) is 9.53 Å². The monoisotopic (exact) mass is 468 g/mol. The summed E-state index contributed by atoms with van der Waals surface area (Å²) in [7, 11) is 1.28. The van der Waals surface area contributed by atoms with Crippen LogP contribution in [0.1, 0.15) is 24.1 Å². The molecule has 1 aliphatic rings. The maximum absolute atomic E-state index is 14.3. The molecule has 1 unspecified atom stereocenters. The van der Waals surface area contributed by atoms with Crippen LogP contribution in [0.2, 0.25) is 5.02 Å². The quantitative estimate of drug-likeness (QED) is 0.546. The molecule has 3 aromatic rings. The SMILES string of the molecule is COC(=O)C1=C(C)N=c2sc(=Cc3c(F)cccc3Cl)c(=O)n2C1C=Cc1ccccc1. The number of benzene rings is 2. The van der Waals surface area contributed by atoms with Crippen molar-refractivity contribution in [1.82, 2.24) is 4.57 Å². The number of rotatable bonds is 4. The minimum absolute atomic E-state index is 0.125. The van der Waals surface area contributed by atoms with E-state index in [2.05, 4.69) is 4.99 Å². The summed E-state index contributed by atoms with van der Waals surface area (Å²) in [5, 5.41) is 0.197. The predicted octanol–water partition coefficient (Wildman–Crippen LogP) is 3.87. The van der Waals surface area contributed by atoms with Crippen molar-refractivity contribution in [2.75, 3.05) is 7.11 Å². The topological polar surface area (TPSA) is 60.7 Å². The van der Waals surface area contributed by atoms with Gasteiger partial charge in [0.25, 0.3) is 5.56 Å². The number of carbonyl (C=O) groups is 1. The van der Waals surface area contributed by atoms with E-state index in [4.69, 9.17) is 16.3 Å². The molecule has 0 amide bonds. The van der Waals surface area contributed by atoms with Gasteiger partial charge in [-0.3, -0.25) is 9.36 Å². The Morgan fingerprint density at radius 1 is 1.22 bits per heavy atom. The molecule has 0 saturated carbocycles. The minimum atomic E-state index is -0.725. The molecule has 2 heterocycles. The van der Waals surface area contributed by atoms with Gasteiger partial charge < -0.3 is 4.74 Å². The van der Waals surface area contributed by atoms with E-state index in [1.165, 1.54) is 29.9 Å². The third kappa shape index (κ3) is 4.09. The molecule has 4 rings (SSSR count). The van der Waals surface area contributed by atoms with Crippen molar-refractivity contribution < 1.29 is 13.9 Å². The molecule has 32 heavy (non-hydrogen) atoms. The number of hydrogen-bond donors (Lipinski definition) is 0. The Balaban J connectivity index is 1.92. The van der Waals surface area contributed by atoms with Crippen LogP contribution in [0.4, 0.5) is 4.39 Å². The average Bonchev–Trinajstić information content (AvgIpc) is 3.09. The van der Waals surface area contributed by atoms with Gasteiger partial charge in [-0.05, 0) is 30.7 Å². The van der Waals surface area contributed by atoms with E-state index in [1.54, 1.807) is 19.1 Å². The summed E-state index contributed by atoms with van der Waals surface area (Å²) in [6, 6.07) is 13.1. The highest BCUT2D eigenvalue weighted by Gasteiger charge is 2.30. The normalized spacial score (nSPS) is 16.2. The third-order valence-electron chi connectivity index (χ3n) is 5.01. The number of hydrogen-bond acceptors (Lipinski definition) is 5. The molecule has 0 N–H and O–H groups in total. The summed E-state index contributed by atoms with van der Waals surface area (Å²) < 4.78 is 20.9. The van der Waals surface area contributed by atoms with Crippen molar-refractivity contribution in [3.8, 4) is 0 Å². The maximum Gasteiger partial charge on any atom is 0.338 e. The lowest BCUT2D eigenvalue weighted by molar-refractivity contribution is -0.136. The number of ether oxygens (including phenoxy) is 1. The molecule has 2 aromatic carbocycles. The van der Waals surface area contributed by atoms with E-state index in [9.17, 15) is 14.0 Å². The lowest BCUT2D eigenvalue weighted by atomic mass is 10.0. The highest BCUT2D eigenvalue weighted by Crippen LogP contribution is 2.26. The number of halogens is 2. The molecule has 0 radical (unpaired) electrons. The standard InChI is InChI=1S/C24H18ClFN2O3S/c1-14-21(23(30)31-2)19(12-11-15-7-4-3-5-8-15)28-22(29)20(32-24(28)27-14)13-16-17(25)9-6-10-18(16)26/h3-13,19H,1-2H3. The zero-order valence-electron chi connectivity index (χ0n) is 17.2. The Bertz CT molecular complexity index is 1420. The second-order valence-corrected chi connectivity index (χ2v) is 8.44. The Morgan fingerprint density at radius 3 is 2.66 bits per heavy atom. The summed E-state index contributed by atoms with van der Waals surface area (Å²) >= 11 is 7.24. The van der Waals surface area contributed by atoms with Crippen LogP contribution >= 0.6 is 22.9 Å². The number of aromatic nitrogens is 1. The second-order valence-electron chi connectivity index (χ2n) is 7.02. The van der Waals surface area contributed by atoms with Gasteiger partial charge in [0.15, 0.2) is 4.80 Å². The van der Waals surface area contributed by atoms with Crippen LogP contribution in [0.15, 0.2) is 75.7 Å². The van der Waals surface area contributed by atoms with Gasteiger partial charge in [0.05, 0.1) is 34.0 Å². The molecule has 8 heteroatoms. The number of carbonyl (C=O) groups excluding carboxylic acids is 1. The number of nitrogens with zero attached hydrogens (tertiary/aromatic N) is 2. The van der Waals surface area contributed by atoms with Gasteiger partial charge in [0, 0.05) is 5.56 Å². The van der Waals surface area contributed by atoms with Gasteiger partial charge >= 0.3 is 5.97 Å². The zero-order valence-corrected chi connectivity index (χ0v) is 18.8. The highest BCUT2D eigenvalue weighted by molar-refractivity contribution is 7.07. The highest BCUT2D eigenvalue weighted by atomic mass is 35.5. The average molecular weight is 469 g/mol. The summed E-state index contributed by atoms with van der Waals surface area (Å²) in [4.78, 5) is 30.7. The molecule has 5 nitrogen and oxygen atoms in total. The van der Waals surface area contributed by atoms with Crippen molar-refractivity contribution in [2.24, 2.45) is 4.99 Å². The van der Waals surface area contributed by atoms with Crippen molar-refractivity contribution in [1.29, 1.82) is 0 Å². The van der Waals surface area contributed by atoms with E-state index in [1.807, 2.05) is 36.4 Å². The number of esters is 1. The third-order valence-corrected chi connectivity index (χ3v) is 6.33. The summed E-state index contributed by atoms with van der Waals surface area (Å²) in [6.45, 7) is 1.69. The lowest BCUT2D eigenvalue weighted by Crippen LogP contribution is -2.38. The van der Waals surface area contributed by atoms with Crippen molar-refractivity contribution >= 4 is 41.1 Å². The van der Waals surface area contributed by atoms with Gasteiger partial charge in [0.1, 0.15) is 5.82 Å². The van der Waals surface area contributed by atoms with Crippen LogP contribution < -0.4 is 14.9 Å². The van der Waals surface area contributed by atoms with E-state index in [0.717, 1.165) is 16.9 Å². The Labute approximate surface area is 192 Å². The Hall–Kier alpha value is -3.29. The largest absolute Gasteiger partial charge is 0.466 e. The van der Waals surface area contributed by atoms with Crippen molar-refractivity contribution in [2.45, 2.75) is 13.0 Å². The van der Waals surface area contributed by atoms with Crippen LogP contribution in [0.5, 0.6) is 0 Å². The fourth-order valence-corrected chi connectivity index (χ4v) is 4.72. The lowest BCUT2D eigenvalue weighted by Gasteiger charge is -2.21. The molecular formula is C24H18ClFN2O3S. The van der Waals surface area contributed by atoms with Crippen LogP contribution in [0.25, 0.3) is 12.2 Å². The number of allylic oxidation sites excluding steroid dienone is 2. The first-order chi connectivity index (χ1) is 15.4. The minimum Gasteiger partial charge on any atom is -0.466 e. The van der Waals surface area contributed by atoms with E-state index in [-0.39, 0.29) is 20.7 Å².